The molecule has 0 bridgehead atoms. The summed E-state index contributed by atoms with van der Waals surface area (Å²) in [5, 5.41) is 8.44. The Balaban J connectivity index is 1.67. The number of hydrogen-bond donors (Lipinski definition) is 3. The Bertz CT molecular complexity index is 719. The molecule has 3 N–H and O–H groups in total. The van der Waals surface area contributed by atoms with E-state index in [0.29, 0.717) is 5.69 Å². The fourth-order valence-electron chi connectivity index (χ4n) is 2.42. The molecule has 2 aromatic rings. The standard InChI is InChI=1S/C16H15F2N3O/c17-14-4-3-13(8-15(14)18)21-16(22)20-12-2-1-11-9-19-6-5-10(11)7-12/h1-4,7-8,19H,5-6,9H2,(H2,20,21,22). The third-order valence-corrected chi connectivity index (χ3v) is 3.53. The molecular weight excluding hydrogens is 288 g/mol. The molecule has 1 aliphatic rings. The molecule has 2 amide bonds. The van der Waals surface area contributed by atoms with E-state index in [1.54, 1.807) is 0 Å². The minimum Gasteiger partial charge on any atom is -0.312 e. The van der Waals surface area contributed by atoms with Gasteiger partial charge in [0.25, 0.3) is 0 Å². The van der Waals surface area contributed by atoms with Gasteiger partial charge in [0.1, 0.15) is 0 Å². The van der Waals surface area contributed by atoms with E-state index in [-0.39, 0.29) is 5.69 Å². The average molecular weight is 303 g/mol. The maximum atomic E-state index is 13.1. The van der Waals surface area contributed by atoms with Crippen molar-refractivity contribution in [2.75, 3.05) is 17.2 Å². The maximum Gasteiger partial charge on any atom is 0.323 e. The molecule has 0 unspecified atom stereocenters. The Morgan fingerprint density at radius 3 is 2.45 bits per heavy atom. The zero-order valence-electron chi connectivity index (χ0n) is 11.7. The first-order chi connectivity index (χ1) is 10.6. The summed E-state index contributed by atoms with van der Waals surface area (Å²) in [6, 6.07) is 8.42. The van der Waals surface area contributed by atoms with Crippen LogP contribution < -0.4 is 16.0 Å². The summed E-state index contributed by atoms with van der Waals surface area (Å²) >= 11 is 0. The summed E-state index contributed by atoms with van der Waals surface area (Å²) in [5.74, 6) is -1.95. The van der Waals surface area contributed by atoms with Gasteiger partial charge in [0, 0.05) is 24.0 Å². The van der Waals surface area contributed by atoms with Gasteiger partial charge in [0.2, 0.25) is 0 Å². The molecule has 0 saturated carbocycles. The Hall–Kier alpha value is -2.47. The smallest absolute Gasteiger partial charge is 0.312 e. The monoisotopic (exact) mass is 303 g/mol. The number of fused-ring (bicyclic) bond motifs is 1. The lowest BCUT2D eigenvalue weighted by Crippen LogP contribution is -2.24. The predicted octanol–water partition coefficient (Wildman–Crippen LogP) is 3.25. The first-order valence-corrected chi connectivity index (χ1v) is 6.97. The second kappa shape index (κ2) is 6.11. The van der Waals surface area contributed by atoms with Crippen molar-refractivity contribution in [2.45, 2.75) is 13.0 Å². The summed E-state index contributed by atoms with van der Waals surface area (Å²) < 4.78 is 25.9. The molecule has 1 aliphatic heterocycles. The van der Waals surface area contributed by atoms with Crippen molar-refractivity contribution in [3.63, 3.8) is 0 Å². The third kappa shape index (κ3) is 3.23. The fourth-order valence-corrected chi connectivity index (χ4v) is 2.42. The van der Waals surface area contributed by atoms with Gasteiger partial charge in [0.15, 0.2) is 11.6 Å². The van der Waals surface area contributed by atoms with Crippen molar-refractivity contribution in [3.05, 3.63) is 59.2 Å². The fraction of sp³-hybridized carbons (Fsp3) is 0.188. The molecule has 114 valence electrons. The van der Waals surface area contributed by atoms with E-state index in [2.05, 4.69) is 16.0 Å². The van der Waals surface area contributed by atoms with Crippen LogP contribution in [0.25, 0.3) is 0 Å². The summed E-state index contributed by atoms with van der Waals surface area (Å²) in [6.07, 6.45) is 0.912. The number of carbonyl (C=O) groups excluding carboxylic acids is 1. The van der Waals surface area contributed by atoms with Gasteiger partial charge >= 0.3 is 6.03 Å². The van der Waals surface area contributed by atoms with Gasteiger partial charge in [-0.15, -0.1) is 0 Å². The molecule has 0 fully saturated rings. The Labute approximate surface area is 126 Å². The molecule has 0 radical (unpaired) electrons. The average Bonchev–Trinajstić information content (AvgIpc) is 2.51. The molecule has 0 saturated heterocycles. The number of urea groups is 1. The van der Waals surface area contributed by atoms with E-state index in [0.717, 1.165) is 31.6 Å². The summed E-state index contributed by atoms with van der Waals surface area (Å²) in [6.45, 7) is 1.74. The van der Waals surface area contributed by atoms with E-state index < -0.39 is 17.7 Å². The lowest BCUT2D eigenvalue weighted by Gasteiger charge is -2.18. The number of anilines is 2. The molecule has 3 rings (SSSR count). The van der Waals surface area contributed by atoms with Crippen LogP contribution in [0.4, 0.5) is 25.0 Å². The van der Waals surface area contributed by atoms with E-state index in [9.17, 15) is 13.6 Å². The number of benzene rings is 2. The lowest BCUT2D eigenvalue weighted by atomic mass is 10.0. The van der Waals surface area contributed by atoms with Crippen molar-refractivity contribution in [3.8, 4) is 0 Å². The molecule has 1 heterocycles. The lowest BCUT2D eigenvalue weighted by molar-refractivity contribution is 0.262. The number of carbonyl (C=O) groups is 1. The van der Waals surface area contributed by atoms with Crippen LogP contribution in [0, 0.1) is 11.6 Å². The Morgan fingerprint density at radius 2 is 1.68 bits per heavy atom. The molecule has 0 aromatic heterocycles. The SMILES string of the molecule is O=C(Nc1ccc(F)c(F)c1)Nc1ccc2c(c1)CCNC2. The molecule has 0 aliphatic carbocycles. The van der Waals surface area contributed by atoms with Crippen molar-refractivity contribution in [1.82, 2.24) is 5.32 Å². The van der Waals surface area contributed by atoms with Gasteiger partial charge in [-0.05, 0) is 48.4 Å². The van der Waals surface area contributed by atoms with E-state index >= 15 is 0 Å². The number of hydrogen-bond acceptors (Lipinski definition) is 2. The molecular formula is C16H15F2N3O. The quantitative estimate of drug-likeness (QED) is 0.797. The highest BCUT2D eigenvalue weighted by Crippen LogP contribution is 2.19. The highest BCUT2D eigenvalue weighted by atomic mass is 19.2. The first kappa shape index (κ1) is 14.5. The molecule has 22 heavy (non-hydrogen) atoms. The van der Waals surface area contributed by atoms with Crippen molar-refractivity contribution >= 4 is 17.4 Å². The van der Waals surface area contributed by atoms with E-state index in [1.165, 1.54) is 17.2 Å². The van der Waals surface area contributed by atoms with Gasteiger partial charge < -0.3 is 16.0 Å². The second-order valence-corrected chi connectivity index (χ2v) is 5.12. The normalized spacial score (nSPS) is 13.4. The van der Waals surface area contributed by atoms with Gasteiger partial charge in [-0.3, -0.25) is 0 Å². The van der Waals surface area contributed by atoms with Crippen molar-refractivity contribution in [2.24, 2.45) is 0 Å². The Kier molecular flexibility index (Phi) is 4.02. The summed E-state index contributed by atoms with van der Waals surface area (Å²) in [4.78, 5) is 11.9. The minimum absolute atomic E-state index is 0.193. The van der Waals surface area contributed by atoms with Gasteiger partial charge in [-0.25, -0.2) is 13.6 Å². The van der Waals surface area contributed by atoms with Crippen molar-refractivity contribution in [1.29, 1.82) is 0 Å². The van der Waals surface area contributed by atoms with E-state index in [1.807, 2.05) is 18.2 Å². The van der Waals surface area contributed by atoms with E-state index in [4.69, 9.17) is 0 Å². The van der Waals surface area contributed by atoms with Crippen molar-refractivity contribution < 1.29 is 13.6 Å². The molecule has 6 heteroatoms. The summed E-state index contributed by atoms with van der Waals surface area (Å²) in [5.41, 5.74) is 3.28. The van der Waals surface area contributed by atoms with Gasteiger partial charge in [0.05, 0.1) is 0 Å². The van der Waals surface area contributed by atoms with Crippen LogP contribution in [0.5, 0.6) is 0 Å². The van der Waals surface area contributed by atoms with Crippen LogP contribution >= 0.6 is 0 Å². The molecule has 2 aromatic carbocycles. The van der Waals surface area contributed by atoms with Gasteiger partial charge in [-0.2, -0.15) is 0 Å². The topological polar surface area (TPSA) is 53.2 Å². The molecule has 0 spiro atoms. The highest BCUT2D eigenvalue weighted by molar-refractivity contribution is 5.99. The van der Waals surface area contributed by atoms with Gasteiger partial charge in [-0.1, -0.05) is 6.07 Å². The maximum absolute atomic E-state index is 13.1. The second-order valence-electron chi connectivity index (χ2n) is 5.12. The number of rotatable bonds is 2. The number of halogens is 2. The largest absolute Gasteiger partial charge is 0.323 e. The van der Waals surface area contributed by atoms with Crippen LogP contribution in [-0.4, -0.2) is 12.6 Å². The number of amides is 2. The minimum atomic E-state index is -1.00. The first-order valence-electron chi connectivity index (χ1n) is 6.97. The summed E-state index contributed by atoms with van der Waals surface area (Å²) in [7, 11) is 0. The van der Waals surface area contributed by atoms with Crippen LogP contribution in [0.3, 0.4) is 0 Å². The highest BCUT2D eigenvalue weighted by Gasteiger charge is 2.11. The van der Waals surface area contributed by atoms with Crippen LogP contribution in [0.15, 0.2) is 36.4 Å². The van der Waals surface area contributed by atoms with Crippen LogP contribution in [0.1, 0.15) is 11.1 Å². The Morgan fingerprint density at radius 1 is 0.955 bits per heavy atom. The van der Waals surface area contributed by atoms with Crippen LogP contribution in [-0.2, 0) is 13.0 Å². The number of nitrogens with one attached hydrogen (secondary N) is 3. The molecule has 4 nitrogen and oxygen atoms in total. The molecule has 0 atom stereocenters. The zero-order valence-corrected chi connectivity index (χ0v) is 11.7. The third-order valence-electron chi connectivity index (χ3n) is 3.53. The zero-order chi connectivity index (χ0) is 15.5. The van der Waals surface area contributed by atoms with Crippen LogP contribution in [0.2, 0.25) is 0 Å². The predicted molar refractivity (Wildman–Crippen MR) is 80.9 cm³/mol.